The Bertz CT molecular complexity index is 1390. The van der Waals surface area contributed by atoms with Gasteiger partial charge in [-0.3, -0.25) is 5.10 Å². The van der Waals surface area contributed by atoms with Gasteiger partial charge in [0.2, 0.25) is 0 Å². The van der Waals surface area contributed by atoms with Gasteiger partial charge < -0.3 is 4.90 Å². The predicted molar refractivity (Wildman–Crippen MR) is 120 cm³/mol. The largest absolute Gasteiger partial charge is 0.348 e. The summed E-state index contributed by atoms with van der Waals surface area (Å²) in [6.45, 7) is 0.872. The molecule has 8 heteroatoms. The molecule has 0 aliphatic carbocycles. The third-order valence-corrected chi connectivity index (χ3v) is 5.92. The Morgan fingerprint density at radius 2 is 1.91 bits per heavy atom. The van der Waals surface area contributed by atoms with Gasteiger partial charge in [-0.05, 0) is 60.9 Å². The fourth-order valence-electron chi connectivity index (χ4n) is 4.42. The molecule has 1 unspecified atom stereocenters. The lowest BCUT2D eigenvalue weighted by Gasteiger charge is -2.26. The maximum atomic E-state index is 13.8. The van der Waals surface area contributed by atoms with Crippen LogP contribution in [0.25, 0.3) is 28.4 Å². The first-order valence-electron chi connectivity index (χ1n) is 10.6. The Kier molecular flexibility index (Phi) is 4.41. The summed E-state index contributed by atoms with van der Waals surface area (Å²) in [5, 5.41) is 11.9. The number of benzene rings is 1. The van der Waals surface area contributed by atoms with E-state index in [4.69, 9.17) is 10.1 Å². The first-order valence-corrected chi connectivity index (χ1v) is 10.6. The number of hydrogen-bond donors (Lipinski definition) is 1. The van der Waals surface area contributed by atoms with Crippen molar-refractivity contribution in [2.24, 2.45) is 0 Å². The molecule has 0 amide bonds. The summed E-state index contributed by atoms with van der Waals surface area (Å²) in [6, 6.07) is 18.6. The van der Waals surface area contributed by atoms with Crippen LogP contribution in [0.15, 0.2) is 73.1 Å². The van der Waals surface area contributed by atoms with Gasteiger partial charge in [0.25, 0.3) is 0 Å². The van der Waals surface area contributed by atoms with Gasteiger partial charge in [0.05, 0.1) is 29.3 Å². The van der Waals surface area contributed by atoms with Gasteiger partial charge in [-0.1, -0.05) is 18.2 Å². The number of nitrogens with zero attached hydrogens (tertiary/aromatic N) is 6. The SMILES string of the molecule is Fc1cccc(C2CCCN2c2ccc3ncc(-c4cccc(-c5ccn[nH]5)n4)n3n2)c1. The van der Waals surface area contributed by atoms with Gasteiger partial charge in [0.15, 0.2) is 5.65 Å². The van der Waals surface area contributed by atoms with Gasteiger partial charge in [-0.25, -0.2) is 18.9 Å². The molecule has 32 heavy (non-hydrogen) atoms. The molecule has 1 N–H and O–H groups in total. The third-order valence-electron chi connectivity index (χ3n) is 5.92. The van der Waals surface area contributed by atoms with Crippen LogP contribution in [-0.4, -0.2) is 36.3 Å². The molecule has 6 rings (SSSR count). The fourth-order valence-corrected chi connectivity index (χ4v) is 4.42. The molecule has 7 nitrogen and oxygen atoms in total. The van der Waals surface area contributed by atoms with E-state index in [0.29, 0.717) is 0 Å². The highest BCUT2D eigenvalue weighted by molar-refractivity contribution is 5.64. The van der Waals surface area contributed by atoms with Crippen LogP contribution in [-0.2, 0) is 0 Å². The van der Waals surface area contributed by atoms with Crippen LogP contribution in [0.4, 0.5) is 10.2 Å². The number of imidazole rings is 1. The molecule has 0 spiro atoms. The van der Waals surface area contributed by atoms with E-state index < -0.39 is 0 Å². The van der Waals surface area contributed by atoms with Crippen molar-refractivity contribution in [1.82, 2.24) is 29.8 Å². The number of aromatic nitrogens is 6. The molecule has 1 aliphatic heterocycles. The minimum Gasteiger partial charge on any atom is -0.348 e. The predicted octanol–water partition coefficient (Wildman–Crippen LogP) is 4.66. The molecule has 0 saturated carbocycles. The normalized spacial score (nSPS) is 16.2. The lowest BCUT2D eigenvalue weighted by molar-refractivity contribution is 0.617. The molecule has 158 valence electrons. The smallest absolute Gasteiger partial charge is 0.154 e. The Labute approximate surface area is 183 Å². The second kappa shape index (κ2) is 7.56. The number of halogens is 1. The number of rotatable bonds is 4. The van der Waals surface area contributed by atoms with E-state index in [1.165, 1.54) is 6.07 Å². The lowest BCUT2D eigenvalue weighted by Crippen LogP contribution is -2.24. The van der Waals surface area contributed by atoms with Crippen molar-refractivity contribution in [2.45, 2.75) is 18.9 Å². The molecule has 4 aromatic heterocycles. The summed E-state index contributed by atoms with van der Waals surface area (Å²) in [7, 11) is 0. The van der Waals surface area contributed by atoms with Crippen LogP contribution in [0.3, 0.4) is 0 Å². The second-order valence-electron chi connectivity index (χ2n) is 7.89. The molecule has 1 aliphatic rings. The van der Waals surface area contributed by atoms with E-state index in [1.807, 2.05) is 47.0 Å². The molecular formula is C24H20FN7. The van der Waals surface area contributed by atoms with Crippen molar-refractivity contribution in [3.8, 4) is 22.8 Å². The number of H-pyrrole nitrogens is 1. The third kappa shape index (κ3) is 3.20. The maximum Gasteiger partial charge on any atom is 0.154 e. The zero-order chi connectivity index (χ0) is 21.5. The van der Waals surface area contributed by atoms with Gasteiger partial charge in [0.1, 0.15) is 17.3 Å². The van der Waals surface area contributed by atoms with E-state index in [9.17, 15) is 4.39 Å². The average molecular weight is 425 g/mol. The van der Waals surface area contributed by atoms with Crippen molar-refractivity contribution in [3.63, 3.8) is 0 Å². The summed E-state index contributed by atoms with van der Waals surface area (Å²) in [5.74, 6) is 0.631. The Morgan fingerprint density at radius 3 is 2.78 bits per heavy atom. The average Bonchev–Trinajstić information content (AvgIpc) is 3.59. The Hall–Kier alpha value is -4.07. The molecule has 0 bridgehead atoms. The van der Waals surface area contributed by atoms with Crippen LogP contribution in [0, 0.1) is 5.82 Å². The highest BCUT2D eigenvalue weighted by atomic mass is 19.1. The van der Waals surface area contributed by atoms with Crippen LogP contribution in [0.5, 0.6) is 0 Å². The Morgan fingerprint density at radius 1 is 1.00 bits per heavy atom. The maximum absolute atomic E-state index is 13.8. The fraction of sp³-hybridized carbons (Fsp3) is 0.167. The quantitative estimate of drug-likeness (QED) is 0.453. The van der Waals surface area contributed by atoms with Crippen LogP contribution in [0.1, 0.15) is 24.4 Å². The summed E-state index contributed by atoms with van der Waals surface area (Å²) >= 11 is 0. The molecule has 1 aromatic carbocycles. The number of anilines is 1. The molecule has 1 atom stereocenters. The van der Waals surface area contributed by atoms with Crippen LogP contribution < -0.4 is 4.90 Å². The van der Waals surface area contributed by atoms with Crippen molar-refractivity contribution in [1.29, 1.82) is 0 Å². The highest BCUT2D eigenvalue weighted by Gasteiger charge is 2.28. The van der Waals surface area contributed by atoms with Crippen LogP contribution >= 0.6 is 0 Å². The summed E-state index contributed by atoms with van der Waals surface area (Å²) in [5.41, 5.74) is 4.96. The second-order valence-corrected chi connectivity index (χ2v) is 7.89. The number of nitrogens with one attached hydrogen (secondary N) is 1. The van der Waals surface area contributed by atoms with Gasteiger partial charge >= 0.3 is 0 Å². The van der Waals surface area contributed by atoms with Crippen molar-refractivity contribution in [2.75, 3.05) is 11.4 Å². The monoisotopic (exact) mass is 425 g/mol. The molecule has 5 heterocycles. The molecular weight excluding hydrogens is 405 g/mol. The zero-order valence-corrected chi connectivity index (χ0v) is 17.2. The van der Waals surface area contributed by atoms with E-state index in [2.05, 4.69) is 20.1 Å². The highest BCUT2D eigenvalue weighted by Crippen LogP contribution is 2.35. The first kappa shape index (κ1) is 18.7. The summed E-state index contributed by atoms with van der Waals surface area (Å²) < 4.78 is 15.7. The van der Waals surface area contributed by atoms with Crippen molar-refractivity contribution < 1.29 is 4.39 Å². The minimum atomic E-state index is -0.210. The van der Waals surface area contributed by atoms with Gasteiger partial charge in [-0.2, -0.15) is 5.10 Å². The number of aromatic amines is 1. The van der Waals surface area contributed by atoms with E-state index >= 15 is 0 Å². The molecule has 0 radical (unpaired) electrons. The minimum absolute atomic E-state index is 0.101. The van der Waals surface area contributed by atoms with Crippen molar-refractivity contribution >= 4 is 11.5 Å². The first-order chi connectivity index (χ1) is 15.8. The van der Waals surface area contributed by atoms with E-state index in [0.717, 1.165) is 59.2 Å². The van der Waals surface area contributed by atoms with Gasteiger partial charge in [0, 0.05) is 12.7 Å². The van der Waals surface area contributed by atoms with E-state index in [-0.39, 0.29) is 11.9 Å². The molecule has 1 fully saturated rings. The van der Waals surface area contributed by atoms with Crippen molar-refractivity contribution in [3.05, 3.63) is 84.4 Å². The molecule has 5 aromatic rings. The Balaban J connectivity index is 1.40. The lowest BCUT2D eigenvalue weighted by atomic mass is 10.0. The number of hydrogen-bond acceptors (Lipinski definition) is 5. The number of pyridine rings is 1. The van der Waals surface area contributed by atoms with Crippen LogP contribution in [0.2, 0.25) is 0 Å². The standard InChI is InChI=1S/C24H20FN7/c25-17-5-1-4-16(14-17)21-8-3-13-31(21)24-10-9-23-26-15-22(32(23)30-24)20-7-2-6-18(28-20)19-11-12-27-29-19/h1-2,4-7,9-12,14-15,21H,3,8,13H2,(H,27,29). The molecule has 1 saturated heterocycles. The number of fused-ring (bicyclic) bond motifs is 1. The summed E-state index contributed by atoms with van der Waals surface area (Å²) in [6.07, 6.45) is 5.50. The van der Waals surface area contributed by atoms with E-state index in [1.54, 1.807) is 24.5 Å². The zero-order valence-electron chi connectivity index (χ0n) is 17.2. The topological polar surface area (TPSA) is 75.0 Å². The summed E-state index contributed by atoms with van der Waals surface area (Å²) in [4.78, 5) is 11.5. The van der Waals surface area contributed by atoms with Gasteiger partial charge in [-0.15, -0.1) is 5.10 Å².